The molecule has 0 saturated carbocycles. The summed E-state index contributed by atoms with van der Waals surface area (Å²) in [7, 11) is 0. The average Bonchev–Trinajstić information content (AvgIpc) is 2.63. The van der Waals surface area contributed by atoms with Gasteiger partial charge in [-0.15, -0.1) is 0 Å². The van der Waals surface area contributed by atoms with Crippen molar-refractivity contribution in [3.8, 4) is 16.9 Å². The second kappa shape index (κ2) is 7.01. The molecule has 1 atom stereocenters. The minimum atomic E-state index is -4.87. The molecule has 0 bridgehead atoms. The highest BCUT2D eigenvalue weighted by Gasteiger charge is 2.41. The van der Waals surface area contributed by atoms with Gasteiger partial charge in [0.15, 0.2) is 6.23 Å². The van der Waals surface area contributed by atoms with Crippen LogP contribution < -0.4 is 10.2 Å². The molecular weight excluding hydrogens is 345 g/mol. The summed E-state index contributed by atoms with van der Waals surface area (Å²) >= 11 is 0. The third-order valence-electron chi connectivity index (χ3n) is 3.62. The zero-order chi connectivity index (χ0) is 18.7. The Labute approximate surface area is 147 Å². The van der Waals surface area contributed by atoms with Crippen LogP contribution in [0.4, 0.5) is 13.2 Å². The van der Waals surface area contributed by atoms with E-state index in [0.29, 0.717) is 10.8 Å². The molecule has 0 aliphatic carbocycles. The van der Waals surface area contributed by atoms with Crippen molar-refractivity contribution in [2.24, 2.45) is 0 Å². The van der Waals surface area contributed by atoms with Crippen LogP contribution in [0.5, 0.6) is 5.75 Å². The first-order valence-electron chi connectivity index (χ1n) is 7.65. The van der Waals surface area contributed by atoms with Crippen molar-refractivity contribution in [2.75, 3.05) is 0 Å². The van der Waals surface area contributed by atoms with E-state index >= 15 is 0 Å². The average molecular weight is 360 g/mol. The standard InChI is InChI=1S/C18H15F3N4O/c19-18(20,21)17(23)25-15(22)9-10-16(24-25)26-14-8-4-7-13(11-14)12-5-2-1-3-6-12/h1-11,16,22-24H. The van der Waals surface area contributed by atoms with E-state index in [1.807, 2.05) is 36.4 Å². The van der Waals surface area contributed by atoms with Gasteiger partial charge in [-0.25, -0.2) is 5.01 Å². The van der Waals surface area contributed by atoms with Gasteiger partial charge in [-0.1, -0.05) is 42.5 Å². The molecule has 5 nitrogen and oxygen atoms in total. The molecule has 26 heavy (non-hydrogen) atoms. The minimum absolute atomic E-state index is 0.339. The van der Waals surface area contributed by atoms with Crippen molar-refractivity contribution in [2.45, 2.75) is 12.4 Å². The van der Waals surface area contributed by atoms with E-state index in [1.165, 1.54) is 6.08 Å². The van der Waals surface area contributed by atoms with Crippen molar-refractivity contribution in [1.29, 1.82) is 10.8 Å². The van der Waals surface area contributed by atoms with Gasteiger partial charge in [-0.3, -0.25) is 10.8 Å². The maximum Gasteiger partial charge on any atom is 0.450 e. The van der Waals surface area contributed by atoms with E-state index in [0.717, 1.165) is 17.2 Å². The summed E-state index contributed by atoms with van der Waals surface area (Å²) < 4.78 is 43.9. The molecule has 1 unspecified atom stereocenters. The predicted molar refractivity (Wildman–Crippen MR) is 91.9 cm³/mol. The van der Waals surface area contributed by atoms with Gasteiger partial charge in [0.2, 0.25) is 5.84 Å². The summed E-state index contributed by atoms with van der Waals surface area (Å²) in [5.41, 5.74) is 4.25. The number of amidine groups is 2. The van der Waals surface area contributed by atoms with Crippen LogP contribution in [0.25, 0.3) is 11.1 Å². The fourth-order valence-corrected chi connectivity index (χ4v) is 2.40. The first-order valence-corrected chi connectivity index (χ1v) is 7.65. The molecule has 0 aromatic heterocycles. The molecule has 0 fully saturated rings. The van der Waals surface area contributed by atoms with Crippen LogP contribution in [0.2, 0.25) is 0 Å². The predicted octanol–water partition coefficient (Wildman–Crippen LogP) is 3.95. The molecule has 2 aromatic carbocycles. The molecule has 1 aliphatic heterocycles. The number of rotatable bonds is 3. The van der Waals surface area contributed by atoms with E-state index < -0.39 is 24.1 Å². The van der Waals surface area contributed by atoms with E-state index in [2.05, 4.69) is 5.43 Å². The van der Waals surface area contributed by atoms with Crippen molar-refractivity contribution >= 4 is 11.7 Å². The lowest BCUT2D eigenvalue weighted by molar-refractivity contribution is -0.0702. The number of nitrogens with zero attached hydrogens (tertiary/aromatic N) is 1. The van der Waals surface area contributed by atoms with Crippen molar-refractivity contribution in [1.82, 2.24) is 10.4 Å². The van der Waals surface area contributed by atoms with Gasteiger partial charge in [0.1, 0.15) is 11.6 Å². The third-order valence-corrected chi connectivity index (χ3v) is 3.62. The Morgan fingerprint density at radius 2 is 1.73 bits per heavy atom. The monoisotopic (exact) mass is 360 g/mol. The normalized spacial score (nSPS) is 17.3. The lowest BCUT2D eigenvalue weighted by atomic mass is 10.1. The van der Waals surface area contributed by atoms with Gasteiger partial charge in [0.05, 0.1) is 0 Å². The summed E-state index contributed by atoms with van der Waals surface area (Å²) in [5.74, 6) is -1.73. The number of alkyl halides is 3. The zero-order valence-corrected chi connectivity index (χ0v) is 13.4. The maximum absolute atomic E-state index is 12.7. The molecule has 1 heterocycles. The first-order chi connectivity index (χ1) is 12.3. The van der Waals surface area contributed by atoms with Crippen LogP contribution in [0.1, 0.15) is 0 Å². The number of benzene rings is 2. The fourth-order valence-electron chi connectivity index (χ4n) is 2.40. The minimum Gasteiger partial charge on any atom is -0.470 e. The topological polar surface area (TPSA) is 72.2 Å². The van der Waals surface area contributed by atoms with E-state index in [9.17, 15) is 13.2 Å². The highest BCUT2D eigenvalue weighted by Crippen LogP contribution is 2.25. The Balaban J connectivity index is 1.76. The maximum atomic E-state index is 12.7. The third kappa shape index (κ3) is 3.92. The Kier molecular flexibility index (Phi) is 4.77. The van der Waals surface area contributed by atoms with Gasteiger partial charge in [-0.2, -0.15) is 18.6 Å². The lowest BCUT2D eigenvalue weighted by Crippen LogP contribution is -2.57. The molecule has 3 rings (SSSR count). The van der Waals surface area contributed by atoms with Crippen LogP contribution in [0.3, 0.4) is 0 Å². The van der Waals surface area contributed by atoms with Crippen LogP contribution in [0, 0.1) is 10.8 Å². The van der Waals surface area contributed by atoms with Gasteiger partial charge in [0.25, 0.3) is 0 Å². The van der Waals surface area contributed by atoms with Crippen LogP contribution >= 0.6 is 0 Å². The van der Waals surface area contributed by atoms with Crippen LogP contribution in [-0.4, -0.2) is 29.1 Å². The van der Waals surface area contributed by atoms with Crippen LogP contribution in [-0.2, 0) is 0 Å². The Hall–Kier alpha value is -3.13. The molecule has 0 spiro atoms. The smallest absolute Gasteiger partial charge is 0.450 e. The highest BCUT2D eigenvalue weighted by atomic mass is 19.4. The van der Waals surface area contributed by atoms with E-state index in [4.69, 9.17) is 15.6 Å². The summed E-state index contributed by atoms with van der Waals surface area (Å²) in [6, 6.07) is 16.7. The van der Waals surface area contributed by atoms with Crippen molar-refractivity contribution < 1.29 is 17.9 Å². The SMILES string of the molecule is N=C1C=CC(Oc2cccc(-c3ccccc3)c2)NN1C(=N)C(F)(F)F. The number of halogens is 3. The van der Waals surface area contributed by atoms with Gasteiger partial charge < -0.3 is 4.74 Å². The largest absolute Gasteiger partial charge is 0.470 e. The first kappa shape index (κ1) is 17.7. The second-order valence-electron chi connectivity index (χ2n) is 5.49. The Morgan fingerprint density at radius 3 is 2.42 bits per heavy atom. The van der Waals surface area contributed by atoms with Gasteiger partial charge in [0, 0.05) is 0 Å². The van der Waals surface area contributed by atoms with Crippen molar-refractivity contribution in [3.05, 3.63) is 66.7 Å². The Morgan fingerprint density at radius 1 is 1.04 bits per heavy atom. The summed E-state index contributed by atoms with van der Waals surface area (Å²) in [5, 5.41) is 15.1. The molecule has 3 N–H and O–H groups in total. The molecule has 2 aromatic rings. The molecule has 0 radical (unpaired) electrons. The summed E-state index contributed by atoms with van der Waals surface area (Å²) in [4.78, 5) is 0. The van der Waals surface area contributed by atoms with E-state index in [1.54, 1.807) is 18.2 Å². The zero-order valence-electron chi connectivity index (χ0n) is 13.4. The Bertz CT molecular complexity index is 849. The van der Waals surface area contributed by atoms with Gasteiger partial charge >= 0.3 is 6.18 Å². The number of hydrazine groups is 1. The number of hydrogen-bond donors (Lipinski definition) is 3. The summed E-state index contributed by atoms with van der Waals surface area (Å²) in [6.07, 6.45) is -3.25. The number of ether oxygens (including phenoxy) is 1. The quantitative estimate of drug-likeness (QED) is 0.573. The highest BCUT2D eigenvalue weighted by molar-refractivity contribution is 6.05. The molecule has 0 amide bonds. The number of nitrogens with one attached hydrogen (secondary N) is 3. The molecule has 134 valence electrons. The molecule has 8 heteroatoms. The second-order valence-corrected chi connectivity index (χ2v) is 5.49. The lowest BCUT2D eigenvalue weighted by Gasteiger charge is -2.32. The molecule has 0 saturated heterocycles. The molecule has 1 aliphatic rings. The van der Waals surface area contributed by atoms with Crippen LogP contribution in [0.15, 0.2) is 66.7 Å². The van der Waals surface area contributed by atoms with E-state index in [-0.39, 0.29) is 0 Å². The molecular formula is C18H15F3N4O. The fraction of sp³-hybridized carbons (Fsp3) is 0.111. The van der Waals surface area contributed by atoms with Gasteiger partial charge in [-0.05, 0) is 35.4 Å². The van der Waals surface area contributed by atoms with Crippen molar-refractivity contribution in [3.63, 3.8) is 0 Å². The number of hydrogen-bond acceptors (Lipinski definition) is 4. The summed E-state index contributed by atoms with van der Waals surface area (Å²) in [6.45, 7) is 0.